The van der Waals surface area contributed by atoms with Crippen LogP contribution < -0.4 is 9.47 Å². The summed E-state index contributed by atoms with van der Waals surface area (Å²) in [6.07, 6.45) is 10.1. The lowest BCUT2D eigenvalue weighted by atomic mass is 9.44. The van der Waals surface area contributed by atoms with Gasteiger partial charge >= 0.3 is 0 Å². The Morgan fingerprint density at radius 3 is 2.18 bits per heavy atom. The number of aliphatic hydroxyl groups is 1. The van der Waals surface area contributed by atoms with Crippen LogP contribution in [-0.2, 0) is 0 Å². The first-order valence-corrected chi connectivity index (χ1v) is 13.1. The Kier molecular flexibility index (Phi) is 5.63. The number of Topliss-reactive ketones (excluding diaryl/α,β-unsaturated/α-hetero) is 1. The molecule has 0 radical (unpaired) electrons. The van der Waals surface area contributed by atoms with E-state index in [1.807, 2.05) is 25.1 Å². The van der Waals surface area contributed by atoms with Gasteiger partial charge in [-0.15, -0.1) is 0 Å². The summed E-state index contributed by atoms with van der Waals surface area (Å²) in [4.78, 5) is 13.8. The van der Waals surface area contributed by atoms with Gasteiger partial charge in [0.15, 0.2) is 5.78 Å². The van der Waals surface area contributed by atoms with E-state index >= 15 is 0 Å². The molecule has 1 N–H and O–H groups in total. The topological polar surface area (TPSA) is 55.8 Å². The van der Waals surface area contributed by atoms with Gasteiger partial charge in [0.05, 0.1) is 19.8 Å². The van der Waals surface area contributed by atoms with Crippen LogP contribution in [0.25, 0.3) is 0 Å². The molecule has 0 spiro atoms. The summed E-state index contributed by atoms with van der Waals surface area (Å²) in [6, 6.07) is 5.60. The lowest BCUT2D eigenvalue weighted by Crippen LogP contribution is -2.55. The van der Waals surface area contributed by atoms with Gasteiger partial charge in [-0.1, -0.05) is 13.8 Å². The Bertz CT molecular complexity index is 900. The summed E-state index contributed by atoms with van der Waals surface area (Å²) in [6.45, 7) is 6.99. The van der Waals surface area contributed by atoms with Crippen molar-refractivity contribution in [1.29, 1.82) is 0 Å². The lowest BCUT2D eigenvalue weighted by molar-refractivity contribution is -0.144. The van der Waals surface area contributed by atoms with Crippen LogP contribution >= 0.6 is 0 Å². The third-order valence-corrected chi connectivity index (χ3v) is 10.9. The minimum atomic E-state index is -0.483. The third kappa shape index (κ3) is 3.63. The second-order valence-electron chi connectivity index (χ2n) is 12.5. The van der Waals surface area contributed by atoms with Crippen molar-refractivity contribution in [2.45, 2.75) is 84.2 Å². The molecule has 4 fully saturated rings. The molecule has 5 rings (SSSR count). The van der Waals surface area contributed by atoms with Crippen LogP contribution in [0.2, 0.25) is 0 Å². The van der Waals surface area contributed by atoms with Crippen LogP contribution in [0.1, 0.15) is 88.9 Å². The Morgan fingerprint density at radius 1 is 0.848 bits per heavy atom. The molecule has 0 amide bonds. The maximum absolute atomic E-state index is 13.8. The van der Waals surface area contributed by atoms with Gasteiger partial charge in [0.25, 0.3) is 0 Å². The van der Waals surface area contributed by atoms with Crippen molar-refractivity contribution in [3.05, 3.63) is 23.8 Å². The number of fused-ring (bicyclic) bond motifs is 5. The molecule has 8 atom stereocenters. The summed E-state index contributed by atoms with van der Waals surface area (Å²) in [5.74, 6) is 4.47. The first kappa shape index (κ1) is 23.2. The Hall–Kier alpha value is -1.55. The number of hydrogen-bond acceptors (Lipinski definition) is 4. The van der Waals surface area contributed by atoms with Crippen LogP contribution in [0.3, 0.4) is 0 Å². The number of hydrogen-bond donors (Lipinski definition) is 1. The normalized spacial score (nSPS) is 44.4. The van der Waals surface area contributed by atoms with Crippen LogP contribution in [0.15, 0.2) is 18.2 Å². The van der Waals surface area contributed by atoms with Crippen molar-refractivity contribution in [3.8, 4) is 11.5 Å². The number of ketones is 1. The molecule has 0 saturated heterocycles. The predicted octanol–water partition coefficient (Wildman–Crippen LogP) is 6.30. The summed E-state index contributed by atoms with van der Waals surface area (Å²) in [7, 11) is 3.28. The zero-order valence-corrected chi connectivity index (χ0v) is 21.2. The van der Waals surface area contributed by atoms with E-state index in [1.165, 1.54) is 25.7 Å². The van der Waals surface area contributed by atoms with Gasteiger partial charge in [0, 0.05) is 17.5 Å². The van der Waals surface area contributed by atoms with E-state index in [0.29, 0.717) is 28.7 Å². The minimum Gasteiger partial charge on any atom is -0.497 e. The fraction of sp³-hybridized carbons (Fsp3) is 0.759. The average molecular weight is 455 g/mol. The fourth-order valence-corrected chi connectivity index (χ4v) is 9.01. The standard InChI is InChI=1S/C29H42O4/c1-27(31)12-13-28(2)19(17-27)6-7-22-23-8-9-25(29(23,3)11-10-24(22)28)26(30)18-14-20(32-4)16-21(15-18)33-5/h14-16,19,22-25,31H,6-13,17H2,1-5H3/t19-,22+,23+,24+,25-,27-,28+,29+/m1/s1. The number of benzene rings is 1. The highest BCUT2D eigenvalue weighted by Gasteiger charge is 2.61. The second-order valence-corrected chi connectivity index (χ2v) is 12.5. The number of ether oxygens (including phenoxy) is 2. The number of rotatable bonds is 4. The molecule has 4 nitrogen and oxygen atoms in total. The van der Waals surface area contributed by atoms with Crippen molar-refractivity contribution in [2.75, 3.05) is 14.2 Å². The molecule has 4 aliphatic rings. The molecule has 4 heteroatoms. The van der Waals surface area contributed by atoms with E-state index in [2.05, 4.69) is 13.8 Å². The minimum absolute atomic E-state index is 0.0813. The molecule has 0 aromatic heterocycles. The van der Waals surface area contributed by atoms with E-state index in [0.717, 1.165) is 49.5 Å². The fourth-order valence-electron chi connectivity index (χ4n) is 9.01. The molecule has 0 unspecified atom stereocenters. The summed E-state index contributed by atoms with van der Waals surface area (Å²) < 4.78 is 10.9. The molecular weight excluding hydrogens is 412 g/mol. The van der Waals surface area contributed by atoms with Crippen molar-refractivity contribution in [1.82, 2.24) is 0 Å². The molecule has 0 heterocycles. The summed E-state index contributed by atoms with van der Waals surface area (Å²) >= 11 is 0. The largest absolute Gasteiger partial charge is 0.497 e. The van der Waals surface area contributed by atoms with Crippen molar-refractivity contribution < 1.29 is 19.4 Å². The molecule has 4 aliphatic carbocycles. The van der Waals surface area contributed by atoms with Gasteiger partial charge < -0.3 is 14.6 Å². The van der Waals surface area contributed by atoms with Gasteiger partial charge in [-0.05, 0) is 111 Å². The lowest BCUT2D eigenvalue weighted by Gasteiger charge is -2.61. The molecule has 33 heavy (non-hydrogen) atoms. The smallest absolute Gasteiger partial charge is 0.166 e. The highest BCUT2D eigenvalue weighted by molar-refractivity contribution is 5.99. The number of carbonyl (C=O) groups excluding carboxylic acids is 1. The third-order valence-electron chi connectivity index (χ3n) is 10.9. The molecule has 0 aliphatic heterocycles. The van der Waals surface area contributed by atoms with E-state index in [9.17, 15) is 9.90 Å². The van der Waals surface area contributed by atoms with E-state index in [-0.39, 0.29) is 17.1 Å². The van der Waals surface area contributed by atoms with Crippen LogP contribution in [0.5, 0.6) is 11.5 Å². The molecule has 1 aromatic carbocycles. The predicted molar refractivity (Wildman–Crippen MR) is 130 cm³/mol. The molecule has 4 saturated carbocycles. The molecular formula is C29H42O4. The molecule has 1 aromatic rings. The van der Waals surface area contributed by atoms with Gasteiger partial charge in [-0.25, -0.2) is 0 Å². The van der Waals surface area contributed by atoms with E-state index in [4.69, 9.17) is 9.47 Å². The van der Waals surface area contributed by atoms with Crippen molar-refractivity contribution in [2.24, 2.45) is 40.4 Å². The first-order valence-electron chi connectivity index (χ1n) is 13.1. The summed E-state index contributed by atoms with van der Waals surface area (Å²) in [5.41, 5.74) is 0.681. The quantitative estimate of drug-likeness (QED) is 0.543. The monoisotopic (exact) mass is 454 g/mol. The summed E-state index contributed by atoms with van der Waals surface area (Å²) in [5, 5.41) is 10.7. The van der Waals surface area contributed by atoms with Crippen molar-refractivity contribution in [3.63, 3.8) is 0 Å². The highest BCUT2D eigenvalue weighted by Crippen LogP contribution is 2.68. The Balaban J connectivity index is 1.40. The Morgan fingerprint density at radius 2 is 1.52 bits per heavy atom. The average Bonchev–Trinajstić information content (AvgIpc) is 3.15. The Labute approximate surface area is 199 Å². The van der Waals surface area contributed by atoms with Crippen molar-refractivity contribution >= 4 is 5.78 Å². The zero-order valence-electron chi connectivity index (χ0n) is 21.2. The van der Waals surface area contributed by atoms with Gasteiger partial charge in [0.1, 0.15) is 11.5 Å². The first-order chi connectivity index (χ1) is 15.6. The highest BCUT2D eigenvalue weighted by atomic mass is 16.5. The van der Waals surface area contributed by atoms with Crippen LogP contribution in [0, 0.1) is 40.4 Å². The second kappa shape index (κ2) is 8.00. The van der Waals surface area contributed by atoms with E-state index < -0.39 is 5.60 Å². The zero-order chi connectivity index (χ0) is 23.6. The van der Waals surface area contributed by atoms with Crippen LogP contribution in [-0.4, -0.2) is 30.7 Å². The SMILES string of the molecule is COc1cc(OC)cc(C(=O)[C@H]2CC[C@H]3[C@@H]4CC[C@@H]5C[C@](C)(O)CC[C@]5(C)[C@H]4CC[C@]23C)c1. The molecule has 0 bridgehead atoms. The van der Waals surface area contributed by atoms with Gasteiger partial charge in [-0.3, -0.25) is 4.79 Å². The van der Waals surface area contributed by atoms with E-state index in [1.54, 1.807) is 14.2 Å². The maximum Gasteiger partial charge on any atom is 0.166 e. The number of methoxy groups -OCH3 is 2. The maximum atomic E-state index is 13.8. The van der Waals surface area contributed by atoms with Gasteiger partial charge in [-0.2, -0.15) is 0 Å². The van der Waals surface area contributed by atoms with Crippen LogP contribution in [0.4, 0.5) is 0 Å². The number of carbonyl (C=O) groups is 1. The molecule has 182 valence electrons. The van der Waals surface area contributed by atoms with Gasteiger partial charge in [0.2, 0.25) is 0 Å².